The molecule has 1 aromatic carbocycles. The summed E-state index contributed by atoms with van der Waals surface area (Å²) in [6, 6.07) is 5.07. The summed E-state index contributed by atoms with van der Waals surface area (Å²) in [5, 5.41) is 2.79. The minimum atomic E-state index is 0.396. The quantitative estimate of drug-likeness (QED) is 0.609. The van der Waals surface area contributed by atoms with Crippen molar-refractivity contribution < 1.29 is 4.74 Å². The van der Waals surface area contributed by atoms with Gasteiger partial charge in [0, 0.05) is 6.07 Å². The Morgan fingerprint density at radius 3 is 2.73 bits per heavy atom. The number of hydrogen-bond acceptors (Lipinski definition) is 3. The van der Waals surface area contributed by atoms with Crippen molar-refractivity contribution in [3.05, 3.63) is 28.7 Å². The minimum Gasteiger partial charge on any atom is -0.496 e. The molecule has 0 N–H and O–H groups in total. The fraction of sp³-hybridized carbons (Fsp3) is 0.250. The minimum absolute atomic E-state index is 0.396. The van der Waals surface area contributed by atoms with E-state index in [-0.39, 0.29) is 0 Å². The lowest BCUT2D eigenvalue weighted by atomic mass is 10.2. The molecule has 0 spiro atoms. The lowest BCUT2D eigenvalue weighted by Gasteiger charge is -2.02. The number of aryl methyl sites for hydroxylation is 1. The molecule has 0 saturated heterocycles. The third kappa shape index (κ3) is 1.55. The Kier molecular flexibility index (Phi) is 2.21. The second kappa shape index (κ2) is 3.14. The van der Waals surface area contributed by atoms with E-state index >= 15 is 0 Å². The number of benzene rings is 1. The highest BCUT2D eigenvalue weighted by atomic mass is 16.5. The van der Waals surface area contributed by atoms with Crippen LogP contribution in [0.4, 0.5) is 5.69 Å². The first-order valence-electron chi connectivity index (χ1n) is 3.26. The average Bonchev–Trinajstić information content (AvgIpc) is 2.05. The van der Waals surface area contributed by atoms with Crippen LogP contribution in [0.2, 0.25) is 0 Å². The van der Waals surface area contributed by atoms with Crippen LogP contribution in [0.1, 0.15) is 5.56 Å². The highest BCUT2D eigenvalue weighted by Gasteiger charge is 1.98. The maximum absolute atomic E-state index is 10.1. The molecule has 0 aliphatic heterocycles. The molecule has 1 rings (SSSR count). The lowest BCUT2D eigenvalue weighted by Crippen LogP contribution is -1.85. The van der Waals surface area contributed by atoms with Crippen molar-refractivity contribution in [1.82, 2.24) is 0 Å². The first kappa shape index (κ1) is 7.72. The van der Waals surface area contributed by atoms with Gasteiger partial charge in [-0.05, 0) is 23.7 Å². The predicted molar refractivity (Wildman–Crippen MR) is 43.2 cm³/mol. The van der Waals surface area contributed by atoms with Gasteiger partial charge in [0.15, 0.2) is 0 Å². The van der Waals surface area contributed by atoms with Gasteiger partial charge in [0.05, 0.1) is 7.11 Å². The number of nitroso groups, excluding NO2 is 1. The van der Waals surface area contributed by atoms with Crippen molar-refractivity contribution in [1.29, 1.82) is 0 Å². The summed E-state index contributed by atoms with van der Waals surface area (Å²) in [7, 11) is 1.57. The van der Waals surface area contributed by atoms with Gasteiger partial charge < -0.3 is 4.74 Å². The van der Waals surface area contributed by atoms with E-state index in [0.717, 1.165) is 5.56 Å². The molecule has 1 aromatic rings. The van der Waals surface area contributed by atoms with Crippen LogP contribution >= 0.6 is 0 Å². The number of ether oxygens (including phenoxy) is 1. The van der Waals surface area contributed by atoms with Gasteiger partial charge in [-0.2, -0.15) is 0 Å². The summed E-state index contributed by atoms with van der Waals surface area (Å²) in [5.41, 5.74) is 1.40. The zero-order valence-corrected chi connectivity index (χ0v) is 6.50. The molecule has 0 heterocycles. The van der Waals surface area contributed by atoms with Gasteiger partial charge in [-0.25, -0.2) is 0 Å². The van der Waals surface area contributed by atoms with Gasteiger partial charge in [0.2, 0.25) is 0 Å². The molecule has 0 bridgehead atoms. The number of nitrogens with zero attached hydrogens (tertiary/aromatic N) is 1. The monoisotopic (exact) mass is 151 g/mol. The Labute approximate surface area is 65.0 Å². The van der Waals surface area contributed by atoms with E-state index in [1.807, 2.05) is 6.92 Å². The SMILES string of the molecule is COc1cc(N=O)ccc1C. The average molecular weight is 151 g/mol. The normalized spacial score (nSPS) is 9.27. The Morgan fingerprint density at radius 2 is 2.18 bits per heavy atom. The Hall–Kier alpha value is -1.38. The second-order valence-corrected chi connectivity index (χ2v) is 2.25. The van der Waals surface area contributed by atoms with Gasteiger partial charge in [-0.1, -0.05) is 6.07 Å². The molecule has 0 fully saturated rings. The molecule has 0 aliphatic rings. The Bertz CT molecular complexity index is 271. The van der Waals surface area contributed by atoms with Crippen molar-refractivity contribution in [2.24, 2.45) is 5.18 Å². The van der Waals surface area contributed by atoms with Gasteiger partial charge >= 0.3 is 0 Å². The molecule has 58 valence electrons. The van der Waals surface area contributed by atoms with Crippen molar-refractivity contribution in [3.8, 4) is 5.75 Å². The lowest BCUT2D eigenvalue weighted by molar-refractivity contribution is 0.412. The third-order valence-corrected chi connectivity index (χ3v) is 1.50. The Morgan fingerprint density at radius 1 is 1.45 bits per heavy atom. The summed E-state index contributed by atoms with van der Waals surface area (Å²) in [6.07, 6.45) is 0. The van der Waals surface area contributed by atoms with Gasteiger partial charge in [-0.15, -0.1) is 4.91 Å². The number of methoxy groups -OCH3 is 1. The van der Waals surface area contributed by atoms with Crippen molar-refractivity contribution >= 4 is 5.69 Å². The van der Waals surface area contributed by atoms with Crippen LogP contribution in [0.5, 0.6) is 5.75 Å². The van der Waals surface area contributed by atoms with Gasteiger partial charge in [-0.3, -0.25) is 0 Å². The molecule has 0 amide bonds. The summed E-state index contributed by atoms with van der Waals surface area (Å²) < 4.78 is 4.99. The van der Waals surface area contributed by atoms with Crippen LogP contribution in [0.3, 0.4) is 0 Å². The second-order valence-electron chi connectivity index (χ2n) is 2.25. The molecule has 0 atom stereocenters. The summed E-state index contributed by atoms with van der Waals surface area (Å²) >= 11 is 0. The third-order valence-electron chi connectivity index (χ3n) is 1.50. The van der Waals surface area contributed by atoms with E-state index in [4.69, 9.17) is 4.74 Å². The fourth-order valence-corrected chi connectivity index (χ4v) is 0.865. The van der Waals surface area contributed by atoms with Crippen LogP contribution in [-0.4, -0.2) is 7.11 Å². The summed E-state index contributed by atoms with van der Waals surface area (Å²) in [4.78, 5) is 10.1. The van der Waals surface area contributed by atoms with Crippen molar-refractivity contribution in [3.63, 3.8) is 0 Å². The molecule has 3 heteroatoms. The molecule has 0 radical (unpaired) electrons. The largest absolute Gasteiger partial charge is 0.496 e. The van der Waals surface area contributed by atoms with Gasteiger partial charge in [0.25, 0.3) is 0 Å². The van der Waals surface area contributed by atoms with E-state index in [9.17, 15) is 4.91 Å². The Balaban J connectivity index is 3.12. The van der Waals surface area contributed by atoms with E-state index < -0.39 is 0 Å². The van der Waals surface area contributed by atoms with Crippen LogP contribution in [0.25, 0.3) is 0 Å². The molecule has 3 nitrogen and oxygen atoms in total. The summed E-state index contributed by atoms with van der Waals surface area (Å²) in [6.45, 7) is 1.91. The first-order valence-corrected chi connectivity index (χ1v) is 3.26. The molecule has 0 saturated carbocycles. The molecule has 0 aromatic heterocycles. The molecule has 0 aliphatic carbocycles. The fourth-order valence-electron chi connectivity index (χ4n) is 0.865. The summed E-state index contributed by atoms with van der Waals surface area (Å²) in [5.74, 6) is 0.696. The highest BCUT2D eigenvalue weighted by molar-refractivity contribution is 5.47. The van der Waals surface area contributed by atoms with Crippen LogP contribution in [-0.2, 0) is 0 Å². The molecule has 11 heavy (non-hydrogen) atoms. The molecular formula is C8H9NO2. The van der Waals surface area contributed by atoms with Crippen LogP contribution < -0.4 is 4.74 Å². The van der Waals surface area contributed by atoms with Crippen molar-refractivity contribution in [2.45, 2.75) is 6.92 Å². The smallest absolute Gasteiger partial charge is 0.124 e. The van der Waals surface area contributed by atoms with E-state index in [1.54, 1.807) is 25.3 Å². The van der Waals surface area contributed by atoms with E-state index in [0.29, 0.717) is 11.4 Å². The van der Waals surface area contributed by atoms with Crippen molar-refractivity contribution in [2.75, 3.05) is 7.11 Å². The van der Waals surface area contributed by atoms with Gasteiger partial charge in [0.1, 0.15) is 11.4 Å². The first-order chi connectivity index (χ1) is 5.27. The topological polar surface area (TPSA) is 38.7 Å². The zero-order chi connectivity index (χ0) is 8.27. The predicted octanol–water partition coefficient (Wildman–Crippen LogP) is 2.40. The van der Waals surface area contributed by atoms with E-state index in [1.165, 1.54) is 0 Å². The van der Waals surface area contributed by atoms with E-state index in [2.05, 4.69) is 5.18 Å². The molecule has 0 unspecified atom stereocenters. The molecular weight excluding hydrogens is 142 g/mol. The maximum Gasteiger partial charge on any atom is 0.124 e. The number of rotatable bonds is 2. The highest BCUT2D eigenvalue weighted by Crippen LogP contribution is 2.23. The zero-order valence-electron chi connectivity index (χ0n) is 6.50. The van der Waals surface area contributed by atoms with Crippen LogP contribution in [0, 0.1) is 11.8 Å². The van der Waals surface area contributed by atoms with Crippen LogP contribution in [0.15, 0.2) is 23.4 Å². The standard InChI is InChI=1S/C8H9NO2/c1-6-3-4-7(9-10)5-8(6)11-2/h3-5H,1-2H3. The number of hydrogen-bond donors (Lipinski definition) is 0. The maximum atomic E-state index is 10.1.